The van der Waals surface area contributed by atoms with Crippen LogP contribution >= 0.6 is 0 Å². The lowest BCUT2D eigenvalue weighted by molar-refractivity contribution is -0.144. The zero-order chi connectivity index (χ0) is 11.5. The first-order valence-corrected chi connectivity index (χ1v) is 5.92. The molecular formula is C11H19N3O2. The summed E-state index contributed by atoms with van der Waals surface area (Å²) >= 11 is 0. The van der Waals surface area contributed by atoms with Crippen LogP contribution in [0.15, 0.2) is 0 Å². The Bertz CT molecular complexity index is 289. The molecule has 1 saturated carbocycles. The molecule has 2 rings (SSSR count). The fourth-order valence-corrected chi connectivity index (χ4v) is 1.80. The third-order valence-corrected chi connectivity index (χ3v) is 3.16. The van der Waals surface area contributed by atoms with Gasteiger partial charge >= 0.3 is 0 Å². The van der Waals surface area contributed by atoms with Crippen molar-refractivity contribution in [3.8, 4) is 0 Å². The number of hydrogen-bond donors (Lipinski definition) is 1. The number of carbonyl (C=O) groups excluding carboxylic acids is 2. The van der Waals surface area contributed by atoms with Crippen molar-refractivity contribution in [3.05, 3.63) is 0 Å². The molecule has 1 saturated heterocycles. The first-order valence-electron chi connectivity index (χ1n) is 5.92. The van der Waals surface area contributed by atoms with Gasteiger partial charge in [0.15, 0.2) is 0 Å². The normalized spacial score (nSPS) is 21.4. The lowest BCUT2D eigenvalue weighted by atomic mass is 10.3. The molecule has 2 fully saturated rings. The van der Waals surface area contributed by atoms with E-state index in [1.165, 1.54) is 12.8 Å². The van der Waals surface area contributed by atoms with Crippen molar-refractivity contribution in [2.45, 2.75) is 25.3 Å². The molecule has 5 heteroatoms. The number of nitrogens with one attached hydrogen (secondary N) is 1. The fourth-order valence-electron chi connectivity index (χ4n) is 1.80. The molecule has 1 N–H and O–H groups in total. The number of carbonyl (C=O) groups is 2. The second-order valence-electron chi connectivity index (χ2n) is 4.61. The van der Waals surface area contributed by atoms with E-state index >= 15 is 0 Å². The van der Waals surface area contributed by atoms with Crippen LogP contribution < -0.4 is 5.32 Å². The van der Waals surface area contributed by atoms with Crippen LogP contribution in [0.4, 0.5) is 0 Å². The maximum absolute atomic E-state index is 11.8. The summed E-state index contributed by atoms with van der Waals surface area (Å²) in [5, 5.41) is 3.30. The third kappa shape index (κ3) is 2.95. The first kappa shape index (κ1) is 11.4. The molecule has 0 unspecified atom stereocenters. The van der Waals surface area contributed by atoms with Crippen LogP contribution in [-0.2, 0) is 9.59 Å². The van der Waals surface area contributed by atoms with E-state index in [1.54, 1.807) is 16.8 Å². The number of amides is 2. The van der Waals surface area contributed by atoms with Crippen molar-refractivity contribution in [1.82, 2.24) is 15.1 Å². The fraction of sp³-hybridized carbons (Fsp3) is 0.818. The van der Waals surface area contributed by atoms with E-state index in [0.717, 1.165) is 6.54 Å². The van der Waals surface area contributed by atoms with E-state index in [9.17, 15) is 9.59 Å². The molecule has 16 heavy (non-hydrogen) atoms. The summed E-state index contributed by atoms with van der Waals surface area (Å²) in [7, 11) is 1.78. The smallest absolute Gasteiger partial charge is 0.241 e. The van der Waals surface area contributed by atoms with Gasteiger partial charge in [0, 0.05) is 39.1 Å². The molecule has 1 aliphatic carbocycles. The number of piperazine rings is 1. The average Bonchev–Trinajstić information content (AvgIpc) is 3.06. The van der Waals surface area contributed by atoms with Gasteiger partial charge < -0.3 is 15.1 Å². The lowest BCUT2D eigenvalue weighted by Gasteiger charge is -2.32. The Balaban J connectivity index is 1.69. The summed E-state index contributed by atoms with van der Waals surface area (Å²) in [6.45, 7) is 2.31. The summed E-state index contributed by atoms with van der Waals surface area (Å²) < 4.78 is 0. The van der Waals surface area contributed by atoms with Crippen molar-refractivity contribution in [1.29, 1.82) is 0 Å². The van der Waals surface area contributed by atoms with Gasteiger partial charge in [-0.1, -0.05) is 0 Å². The van der Waals surface area contributed by atoms with Crippen LogP contribution in [0.2, 0.25) is 0 Å². The molecule has 0 aromatic rings. The van der Waals surface area contributed by atoms with E-state index in [1.807, 2.05) is 0 Å². The van der Waals surface area contributed by atoms with Crippen molar-refractivity contribution in [2.75, 3.05) is 33.2 Å². The Labute approximate surface area is 95.8 Å². The van der Waals surface area contributed by atoms with Gasteiger partial charge in [0.2, 0.25) is 11.8 Å². The highest BCUT2D eigenvalue weighted by molar-refractivity contribution is 5.85. The molecule has 0 spiro atoms. The van der Waals surface area contributed by atoms with Crippen molar-refractivity contribution in [2.24, 2.45) is 0 Å². The second-order valence-corrected chi connectivity index (χ2v) is 4.61. The Morgan fingerprint density at radius 1 is 1.44 bits per heavy atom. The molecular weight excluding hydrogens is 206 g/mol. The van der Waals surface area contributed by atoms with E-state index in [0.29, 0.717) is 25.6 Å². The van der Waals surface area contributed by atoms with Gasteiger partial charge in [-0.05, 0) is 12.8 Å². The minimum atomic E-state index is 0.0368. The van der Waals surface area contributed by atoms with E-state index in [2.05, 4.69) is 5.32 Å². The zero-order valence-electron chi connectivity index (χ0n) is 9.74. The molecule has 0 aromatic carbocycles. The topological polar surface area (TPSA) is 52.6 Å². The molecule has 0 atom stereocenters. The summed E-state index contributed by atoms with van der Waals surface area (Å²) in [5.74, 6) is 0.129. The molecule has 1 aliphatic heterocycles. The highest BCUT2D eigenvalue weighted by atomic mass is 16.2. The van der Waals surface area contributed by atoms with Crippen LogP contribution in [0.1, 0.15) is 19.3 Å². The average molecular weight is 225 g/mol. The van der Waals surface area contributed by atoms with Crippen LogP contribution in [0, 0.1) is 0 Å². The Kier molecular flexibility index (Phi) is 3.43. The molecule has 90 valence electrons. The Morgan fingerprint density at radius 3 is 2.81 bits per heavy atom. The number of rotatable bonds is 4. The lowest BCUT2D eigenvalue weighted by Crippen LogP contribution is -2.51. The maximum Gasteiger partial charge on any atom is 0.241 e. The Hall–Kier alpha value is -1.10. The highest BCUT2D eigenvalue weighted by Crippen LogP contribution is 2.18. The largest absolute Gasteiger partial charge is 0.342 e. The molecule has 5 nitrogen and oxygen atoms in total. The molecule has 2 amide bonds. The van der Waals surface area contributed by atoms with Crippen molar-refractivity contribution < 1.29 is 9.59 Å². The van der Waals surface area contributed by atoms with Crippen LogP contribution in [0.5, 0.6) is 0 Å². The van der Waals surface area contributed by atoms with Crippen LogP contribution in [-0.4, -0.2) is 60.9 Å². The molecule has 2 aliphatic rings. The standard InChI is InChI=1S/C11H19N3O2/c1-13-6-7-14(8-11(13)16)10(15)4-5-12-9-2-3-9/h9,12H,2-8H2,1H3. The predicted octanol–water partition coefficient (Wildman–Crippen LogP) is -0.571. The quantitative estimate of drug-likeness (QED) is 0.697. The van der Waals surface area contributed by atoms with Gasteiger partial charge in [-0.25, -0.2) is 0 Å². The summed E-state index contributed by atoms with van der Waals surface area (Å²) in [6.07, 6.45) is 2.98. The van der Waals surface area contributed by atoms with Crippen LogP contribution in [0.25, 0.3) is 0 Å². The predicted molar refractivity (Wildman–Crippen MR) is 59.9 cm³/mol. The number of likely N-dealkylation sites (N-methyl/N-ethyl adjacent to an activating group) is 1. The molecule has 0 radical (unpaired) electrons. The summed E-state index contributed by atoms with van der Waals surface area (Å²) in [5.41, 5.74) is 0. The highest BCUT2D eigenvalue weighted by Gasteiger charge is 2.25. The Morgan fingerprint density at radius 2 is 2.19 bits per heavy atom. The molecule has 0 bridgehead atoms. The SMILES string of the molecule is CN1CCN(C(=O)CCNC2CC2)CC1=O. The number of hydrogen-bond acceptors (Lipinski definition) is 3. The summed E-state index contributed by atoms with van der Waals surface area (Å²) in [6, 6.07) is 0.641. The van der Waals surface area contributed by atoms with Crippen molar-refractivity contribution >= 4 is 11.8 Å². The summed E-state index contributed by atoms with van der Waals surface area (Å²) in [4.78, 5) is 26.5. The van der Waals surface area contributed by atoms with Gasteiger partial charge in [0.1, 0.15) is 0 Å². The van der Waals surface area contributed by atoms with E-state index in [4.69, 9.17) is 0 Å². The van der Waals surface area contributed by atoms with Gasteiger partial charge in [-0.3, -0.25) is 9.59 Å². The molecule has 0 aromatic heterocycles. The molecule has 1 heterocycles. The van der Waals surface area contributed by atoms with Gasteiger partial charge in [-0.15, -0.1) is 0 Å². The minimum absolute atomic E-state index is 0.0368. The minimum Gasteiger partial charge on any atom is -0.342 e. The van der Waals surface area contributed by atoms with Gasteiger partial charge in [0.05, 0.1) is 6.54 Å². The number of nitrogens with zero attached hydrogens (tertiary/aromatic N) is 2. The van der Waals surface area contributed by atoms with E-state index < -0.39 is 0 Å². The van der Waals surface area contributed by atoms with Crippen LogP contribution in [0.3, 0.4) is 0 Å². The third-order valence-electron chi connectivity index (χ3n) is 3.16. The zero-order valence-corrected chi connectivity index (χ0v) is 9.74. The first-order chi connectivity index (χ1) is 7.66. The van der Waals surface area contributed by atoms with Gasteiger partial charge in [-0.2, -0.15) is 0 Å². The second kappa shape index (κ2) is 4.82. The van der Waals surface area contributed by atoms with Crippen molar-refractivity contribution in [3.63, 3.8) is 0 Å². The van der Waals surface area contributed by atoms with E-state index in [-0.39, 0.29) is 18.4 Å². The maximum atomic E-state index is 11.8. The van der Waals surface area contributed by atoms with Gasteiger partial charge in [0.25, 0.3) is 0 Å². The monoisotopic (exact) mass is 225 g/mol.